The predicted molar refractivity (Wildman–Crippen MR) is 81.4 cm³/mol. The van der Waals surface area contributed by atoms with Gasteiger partial charge in [-0.1, -0.05) is 15.9 Å². The van der Waals surface area contributed by atoms with Gasteiger partial charge < -0.3 is 10.1 Å². The van der Waals surface area contributed by atoms with Crippen LogP contribution in [0.1, 0.15) is 29.6 Å². The van der Waals surface area contributed by atoms with Crippen molar-refractivity contribution in [2.24, 2.45) is 5.14 Å². The van der Waals surface area contributed by atoms with Gasteiger partial charge in [0, 0.05) is 23.2 Å². The number of ether oxygens (including phenoxy) is 1. The van der Waals surface area contributed by atoms with Crippen molar-refractivity contribution in [3.63, 3.8) is 0 Å². The summed E-state index contributed by atoms with van der Waals surface area (Å²) < 4.78 is 28.7. The van der Waals surface area contributed by atoms with Crippen molar-refractivity contribution in [3.8, 4) is 0 Å². The summed E-state index contributed by atoms with van der Waals surface area (Å²) in [5.74, 6) is -0.352. The average molecular weight is 377 g/mol. The van der Waals surface area contributed by atoms with Gasteiger partial charge in [0.2, 0.25) is 10.0 Å². The third-order valence-corrected chi connectivity index (χ3v) is 4.58. The molecule has 1 aromatic carbocycles. The third kappa shape index (κ3) is 4.77. The molecule has 1 saturated heterocycles. The highest BCUT2D eigenvalue weighted by Crippen LogP contribution is 2.19. The summed E-state index contributed by atoms with van der Waals surface area (Å²) in [6.07, 6.45) is 3.08. The Bertz CT molecular complexity index is 627. The van der Waals surface area contributed by atoms with E-state index in [1.54, 1.807) is 6.07 Å². The number of nitrogens with two attached hydrogens (primary N) is 1. The molecule has 1 heterocycles. The molecule has 0 radical (unpaired) electrons. The largest absolute Gasteiger partial charge is 0.376 e. The topological polar surface area (TPSA) is 98.5 Å². The van der Waals surface area contributed by atoms with Crippen molar-refractivity contribution < 1.29 is 17.9 Å². The van der Waals surface area contributed by atoms with Crippen molar-refractivity contribution in [1.29, 1.82) is 0 Å². The Kier molecular flexibility index (Phi) is 5.37. The minimum atomic E-state index is -3.85. The number of benzene rings is 1. The Hall–Kier alpha value is -0.960. The fourth-order valence-electron chi connectivity index (χ4n) is 2.14. The summed E-state index contributed by atoms with van der Waals surface area (Å²) in [6, 6.07) is 4.17. The second-order valence-electron chi connectivity index (χ2n) is 4.92. The van der Waals surface area contributed by atoms with Crippen LogP contribution in [0, 0.1) is 0 Å². The average Bonchev–Trinajstić information content (AvgIpc) is 2.44. The number of sulfonamides is 1. The van der Waals surface area contributed by atoms with Crippen molar-refractivity contribution in [1.82, 2.24) is 5.32 Å². The molecule has 1 aliphatic rings. The minimum Gasteiger partial charge on any atom is -0.376 e. The van der Waals surface area contributed by atoms with Gasteiger partial charge in [-0.05, 0) is 37.5 Å². The van der Waals surface area contributed by atoms with Crippen molar-refractivity contribution in [2.75, 3.05) is 13.2 Å². The van der Waals surface area contributed by atoms with Gasteiger partial charge in [-0.2, -0.15) is 0 Å². The SMILES string of the molecule is NS(=O)(=O)c1cc(Br)cc(C(=O)NCC2CCCCO2)c1. The number of amides is 1. The van der Waals surface area contributed by atoms with E-state index in [1.807, 2.05) is 0 Å². The lowest BCUT2D eigenvalue weighted by molar-refractivity contribution is 0.0169. The smallest absolute Gasteiger partial charge is 0.251 e. The summed E-state index contributed by atoms with van der Waals surface area (Å²) in [4.78, 5) is 12.0. The Morgan fingerprint density at radius 1 is 1.38 bits per heavy atom. The van der Waals surface area contributed by atoms with Crippen LogP contribution in [-0.2, 0) is 14.8 Å². The molecule has 3 N–H and O–H groups in total. The summed E-state index contributed by atoms with van der Waals surface area (Å²) >= 11 is 3.18. The Balaban J connectivity index is 2.06. The van der Waals surface area contributed by atoms with E-state index in [4.69, 9.17) is 9.88 Å². The molecule has 1 aromatic rings. The van der Waals surface area contributed by atoms with Gasteiger partial charge >= 0.3 is 0 Å². The molecule has 0 aliphatic carbocycles. The van der Waals surface area contributed by atoms with Crippen molar-refractivity contribution >= 4 is 31.9 Å². The van der Waals surface area contributed by atoms with Gasteiger partial charge in [-0.3, -0.25) is 4.79 Å². The van der Waals surface area contributed by atoms with E-state index in [0.29, 0.717) is 17.6 Å². The first-order valence-electron chi connectivity index (χ1n) is 6.59. The number of carbonyl (C=O) groups excluding carboxylic acids is 1. The van der Waals surface area contributed by atoms with Crippen LogP contribution in [0.5, 0.6) is 0 Å². The van der Waals surface area contributed by atoms with Crippen LogP contribution in [0.15, 0.2) is 27.6 Å². The molecule has 0 aromatic heterocycles. The van der Waals surface area contributed by atoms with Crippen molar-refractivity contribution in [2.45, 2.75) is 30.3 Å². The molecule has 116 valence electrons. The van der Waals surface area contributed by atoms with E-state index < -0.39 is 10.0 Å². The second kappa shape index (κ2) is 6.87. The summed E-state index contributed by atoms with van der Waals surface area (Å²) in [5.41, 5.74) is 0.240. The fourth-order valence-corrected chi connectivity index (χ4v) is 3.36. The van der Waals surface area contributed by atoms with Crippen LogP contribution < -0.4 is 10.5 Å². The number of nitrogens with one attached hydrogen (secondary N) is 1. The number of carbonyl (C=O) groups is 1. The number of hydrogen-bond acceptors (Lipinski definition) is 4. The summed E-state index contributed by atoms with van der Waals surface area (Å²) in [5, 5.41) is 7.84. The maximum atomic E-state index is 12.1. The molecule has 1 fully saturated rings. The highest BCUT2D eigenvalue weighted by molar-refractivity contribution is 9.10. The van der Waals surface area contributed by atoms with Crippen LogP contribution in [0.4, 0.5) is 0 Å². The van der Waals surface area contributed by atoms with Crippen molar-refractivity contribution in [3.05, 3.63) is 28.2 Å². The highest BCUT2D eigenvalue weighted by Gasteiger charge is 2.17. The van der Waals surface area contributed by atoms with E-state index in [-0.39, 0.29) is 22.5 Å². The standard InChI is InChI=1S/C13H17BrN2O4S/c14-10-5-9(6-12(7-10)21(15,18)19)13(17)16-8-11-3-1-2-4-20-11/h5-7,11H,1-4,8H2,(H,16,17)(H2,15,18,19). The zero-order valence-corrected chi connectivity index (χ0v) is 13.7. The lowest BCUT2D eigenvalue weighted by atomic mass is 10.1. The molecule has 0 spiro atoms. The van der Waals surface area contributed by atoms with Crippen LogP contribution in [0.25, 0.3) is 0 Å². The minimum absolute atomic E-state index is 0.0209. The first kappa shape index (κ1) is 16.4. The Morgan fingerprint density at radius 2 is 2.14 bits per heavy atom. The Morgan fingerprint density at radius 3 is 2.76 bits per heavy atom. The molecule has 8 heteroatoms. The van der Waals surface area contributed by atoms with Gasteiger partial charge in [-0.15, -0.1) is 0 Å². The molecule has 1 atom stereocenters. The number of rotatable bonds is 4. The van der Waals surface area contributed by atoms with Gasteiger partial charge in [0.1, 0.15) is 0 Å². The van der Waals surface area contributed by atoms with E-state index >= 15 is 0 Å². The van der Waals surface area contributed by atoms with Gasteiger partial charge in [0.25, 0.3) is 5.91 Å². The summed E-state index contributed by atoms with van der Waals surface area (Å²) in [6.45, 7) is 1.13. The maximum absolute atomic E-state index is 12.1. The molecule has 21 heavy (non-hydrogen) atoms. The molecule has 0 bridgehead atoms. The van der Waals surface area contributed by atoms with E-state index in [2.05, 4.69) is 21.2 Å². The fraction of sp³-hybridized carbons (Fsp3) is 0.462. The van der Waals surface area contributed by atoms with Gasteiger partial charge in [0.05, 0.1) is 11.0 Å². The molecular weight excluding hydrogens is 360 g/mol. The van der Waals surface area contributed by atoms with Crippen LogP contribution in [0.3, 0.4) is 0 Å². The van der Waals surface area contributed by atoms with Crippen LogP contribution >= 0.6 is 15.9 Å². The van der Waals surface area contributed by atoms with Gasteiger partial charge in [0.15, 0.2) is 0 Å². The number of halogens is 1. The molecule has 1 aliphatic heterocycles. The highest BCUT2D eigenvalue weighted by atomic mass is 79.9. The summed E-state index contributed by atoms with van der Waals surface area (Å²) in [7, 11) is -3.85. The first-order chi connectivity index (χ1) is 9.86. The first-order valence-corrected chi connectivity index (χ1v) is 8.93. The monoisotopic (exact) mass is 376 g/mol. The normalized spacial score (nSPS) is 19.2. The maximum Gasteiger partial charge on any atom is 0.251 e. The lowest BCUT2D eigenvalue weighted by Crippen LogP contribution is -2.35. The van der Waals surface area contributed by atoms with Crippen LogP contribution in [0.2, 0.25) is 0 Å². The van der Waals surface area contributed by atoms with E-state index in [9.17, 15) is 13.2 Å². The second-order valence-corrected chi connectivity index (χ2v) is 7.40. The molecule has 1 unspecified atom stereocenters. The zero-order chi connectivity index (χ0) is 15.5. The van der Waals surface area contributed by atoms with Gasteiger partial charge in [-0.25, -0.2) is 13.6 Å². The van der Waals surface area contributed by atoms with Crippen LogP contribution in [-0.4, -0.2) is 33.6 Å². The molecule has 2 rings (SSSR count). The number of primary sulfonamides is 1. The molecule has 6 nitrogen and oxygen atoms in total. The number of hydrogen-bond donors (Lipinski definition) is 2. The van der Waals surface area contributed by atoms with E-state index in [0.717, 1.165) is 19.3 Å². The molecular formula is C13H17BrN2O4S. The third-order valence-electron chi connectivity index (χ3n) is 3.23. The lowest BCUT2D eigenvalue weighted by Gasteiger charge is -2.22. The molecule has 0 saturated carbocycles. The predicted octanol–water partition coefficient (Wildman–Crippen LogP) is 1.40. The zero-order valence-electron chi connectivity index (χ0n) is 11.3. The molecule has 1 amide bonds. The Labute approximate surface area is 132 Å². The quantitative estimate of drug-likeness (QED) is 0.829. The van der Waals surface area contributed by atoms with E-state index in [1.165, 1.54) is 12.1 Å².